The van der Waals surface area contributed by atoms with Crippen LogP contribution in [0.5, 0.6) is 0 Å². The van der Waals surface area contributed by atoms with Gasteiger partial charge in [-0.2, -0.15) is 4.79 Å². The van der Waals surface area contributed by atoms with Crippen molar-refractivity contribution in [2.24, 2.45) is 0 Å². The minimum atomic E-state index is 0.670. The summed E-state index contributed by atoms with van der Waals surface area (Å²) in [6.45, 7) is 2.04. The van der Waals surface area contributed by atoms with E-state index in [1.54, 1.807) is 0 Å². The highest BCUT2D eigenvalue weighted by molar-refractivity contribution is 5.94. The Morgan fingerprint density at radius 3 is 2.69 bits per heavy atom. The van der Waals surface area contributed by atoms with Gasteiger partial charge in [0, 0.05) is 17.5 Å². The molecule has 0 fully saturated rings. The normalized spacial score (nSPS) is 14.9. The number of allylic oxidation sites excluding steroid dienone is 3. The molecule has 0 heterocycles. The molecule has 2 rings (SSSR count). The summed E-state index contributed by atoms with van der Waals surface area (Å²) < 4.78 is 0. The molecule has 0 spiro atoms. The van der Waals surface area contributed by atoms with Crippen LogP contribution < -0.4 is 5.32 Å². The fourth-order valence-electron chi connectivity index (χ4n) is 1.59. The van der Waals surface area contributed by atoms with Crippen LogP contribution >= 0.6 is 0 Å². The molecule has 16 heavy (non-hydrogen) atoms. The smallest absolute Gasteiger partial charge is 0.297 e. The summed E-state index contributed by atoms with van der Waals surface area (Å²) in [5, 5.41) is 3.30. The van der Waals surface area contributed by atoms with E-state index < -0.39 is 0 Å². The van der Waals surface area contributed by atoms with Gasteiger partial charge in [0.2, 0.25) is 0 Å². The van der Waals surface area contributed by atoms with Gasteiger partial charge in [-0.1, -0.05) is 24.3 Å². The summed E-state index contributed by atoms with van der Waals surface area (Å²) in [5.74, 6) is 0. The van der Waals surface area contributed by atoms with Gasteiger partial charge in [-0.3, -0.25) is 0 Å². The van der Waals surface area contributed by atoms with Gasteiger partial charge in [0.15, 0.2) is 0 Å². The Morgan fingerprint density at radius 2 is 2.00 bits per heavy atom. The molecule has 80 valence electrons. The van der Waals surface area contributed by atoms with E-state index >= 15 is 0 Å². The van der Waals surface area contributed by atoms with Crippen LogP contribution in [0.4, 0.5) is 5.69 Å². The van der Waals surface area contributed by atoms with Crippen molar-refractivity contribution in [3.05, 3.63) is 59.3 Å². The fourth-order valence-corrected chi connectivity index (χ4v) is 1.59. The summed E-state index contributed by atoms with van der Waals surface area (Å²) in [5.41, 5.74) is 12.6. The highest BCUT2D eigenvalue weighted by atomic mass is 14.9. The Hall–Kier alpha value is -2.12. The molecule has 0 bridgehead atoms. The van der Waals surface area contributed by atoms with E-state index in [2.05, 4.69) is 10.1 Å². The zero-order chi connectivity index (χ0) is 11.4. The standard InChI is InChI=1S/C13H13N3/c1-10-7-8-12(16-14)9-13(10)15-11-5-3-2-4-6-11/h2-7,9,15H,8H2,1H3. The third kappa shape index (κ3) is 2.27. The van der Waals surface area contributed by atoms with E-state index in [1.165, 1.54) is 0 Å². The summed E-state index contributed by atoms with van der Waals surface area (Å²) in [4.78, 5) is 3.23. The molecule has 1 aliphatic carbocycles. The van der Waals surface area contributed by atoms with E-state index in [4.69, 9.17) is 5.53 Å². The minimum Gasteiger partial charge on any atom is -0.361 e. The minimum absolute atomic E-state index is 0.670. The van der Waals surface area contributed by atoms with Crippen molar-refractivity contribution >= 4 is 11.4 Å². The lowest BCUT2D eigenvalue weighted by atomic mass is 10.0. The first-order valence-electron chi connectivity index (χ1n) is 5.21. The average molecular weight is 211 g/mol. The number of hydrogen-bond donors (Lipinski definition) is 1. The van der Waals surface area contributed by atoms with Crippen LogP contribution in [0.3, 0.4) is 0 Å². The van der Waals surface area contributed by atoms with Crippen LogP contribution in [0.1, 0.15) is 13.3 Å². The van der Waals surface area contributed by atoms with Crippen LogP contribution in [0.15, 0.2) is 53.8 Å². The van der Waals surface area contributed by atoms with Crippen LogP contribution in [0.2, 0.25) is 0 Å². The number of nitrogens with zero attached hydrogens (tertiary/aromatic N) is 2. The highest BCUT2D eigenvalue weighted by Gasteiger charge is 2.13. The first-order valence-corrected chi connectivity index (χ1v) is 5.21. The van der Waals surface area contributed by atoms with Gasteiger partial charge in [0.05, 0.1) is 6.42 Å². The summed E-state index contributed by atoms with van der Waals surface area (Å²) in [6, 6.07) is 9.93. The Morgan fingerprint density at radius 1 is 1.25 bits per heavy atom. The molecule has 3 heteroatoms. The second-order valence-electron chi connectivity index (χ2n) is 3.73. The van der Waals surface area contributed by atoms with E-state index in [0.717, 1.165) is 17.0 Å². The van der Waals surface area contributed by atoms with Gasteiger partial charge in [-0.15, -0.1) is 0 Å². The third-order valence-corrected chi connectivity index (χ3v) is 2.53. The second-order valence-corrected chi connectivity index (χ2v) is 3.73. The predicted molar refractivity (Wildman–Crippen MR) is 65.1 cm³/mol. The molecule has 0 aliphatic heterocycles. The van der Waals surface area contributed by atoms with Crippen molar-refractivity contribution in [2.75, 3.05) is 5.32 Å². The van der Waals surface area contributed by atoms with E-state index in [-0.39, 0.29) is 0 Å². The number of para-hydroxylation sites is 1. The van der Waals surface area contributed by atoms with Crippen LogP contribution in [0.25, 0.3) is 5.53 Å². The van der Waals surface area contributed by atoms with Gasteiger partial charge in [-0.05, 0) is 24.6 Å². The van der Waals surface area contributed by atoms with Crippen LogP contribution in [-0.4, -0.2) is 10.5 Å². The maximum atomic E-state index is 8.75. The summed E-state index contributed by atoms with van der Waals surface area (Å²) in [6.07, 6.45) is 4.59. The number of nitrogens with one attached hydrogen (secondary N) is 1. The van der Waals surface area contributed by atoms with Gasteiger partial charge in [-0.25, -0.2) is 0 Å². The van der Waals surface area contributed by atoms with Crippen molar-refractivity contribution < 1.29 is 4.79 Å². The molecule has 0 radical (unpaired) electrons. The molecule has 1 N–H and O–H groups in total. The van der Waals surface area contributed by atoms with Crippen LogP contribution in [0, 0.1) is 0 Å². The first kappa shape index (κ1) is 10.4. The third-order valence-electron chi connectivity index (χ3n) is 2.53. The number of rotatable bonds is 2. The Labute approximate surface area is 94.7 Å². The van der Waals surface area contributed by atoms with Crippen molar-refractivity contribution in [3.63, 3.8) is 0 Å². The number of anilines is 1. The van der Waals surface area contributed by atoms with Crippen molar-refractivity contribution in [3.8, 4) is 0 Å². The number of benzene rings is 1. The van der Waals surface area contributed by atoms with E-state index in [9.17, 15) is 0 Å². The number of hydrogen-bond acceptors (Lipinski definition) is 1. The summed E-state index contributed by atoms with van der Waals surface area (Å²) >= 11 is 0. The molecule has 0 amide bonds. The van der Waals surface area contributed by atoms with Crippen LogP contribution in [-0.2, 0) is 0 Å². The van der Waals surface area contributed by atoms with Crippen molar-refractivity contribution in [1.29, 1.82) is 0 Å². The molecular formula is C13H13N3. The zero-order valence-electron chi connectivity index (χ0n) is 9.14. The second kappa shape index (κ2) is 4.60. The van der Waals surface area contributed by atoms with Gasteiger partial charge in [0.1, 0.15) is 0 Å². The SMILES string of the molecule is CC1=CCC(=[N+]=[N-])C=C1Nc1ccccc1. The Bertz CT molecular complexity index is 491. The average Bonchev–Trinajstić information content (AvgIpc) is 2.33. The molecule has 1 aromatic carbocycles. The maximum absolute atomic E-state index is 8.75. The molecule has 1 aliphatic rings. The first-order chi connectivity index (χ1) is 7.79. The molecule has 0 atom stereocenters. The van der Waals surface area contributed by atoms with Crippen molar-refractivity contribution in [2.45, 2.75) is 13.3 Å². The van der Waals surface area contributed by atoms with E-state index in [1.807, 2.05) is 49.4 Å². The zero-order valence-corrected chi connectivity index (χ0v) is 9.14. The largest absolute Gasteiger partial charge is 0.361 e. The lowest BCUT2D eigenvalue weighted by molar-refractivity contribution is -0.00546. The molecular weight excluding hydrogens is 198 g/mol. The highest BCUT2D eigenvalue weighted by Crippen LogP contribution is 2.19. The molecule has 0 saturated carbocycles. The Balaban J connectivity index is 2.24. The predicted octanol–water partition coefficient (Wildman–Crippen LogP) is 3.00. The van der Waals surface area contributed by atoms with Gasteiger partial charge < -0.3 is 10.8 Å². The van der Waals surface area contributed by atoms with Gasteiger partial charge >= 0.3 is 0 Å². The topological polar surface area (TPSA) is 48.4 Å². The summed E-state index contributed by atoms with van der Waals surface area (Å²) in [7, 11) is 0. The quantitative estimate of drug-likeness (QED) is 0.593. The molecule has 0 saturated heterocycles. The van der Waals surface area contributed by atoms with Crippen molar-refractivity contribution in [1.82, 2.24) is 0 Å². The monoisotopic (exact) mass is 211 g/mol. The fraction of sp³-hybridized carbons (Fsp3) is 0.154. The Kier molecular flexibility index (Phi) is 2.99. The van der Waals surface area contributed by atoms with Gasteiger partial charge in [0.25, 0.3) is 5.71 Å². The molecule has 3 nitrogen and oxygen atoms in total. The molecule has 1 aromatic rings. The lowest BCUT2D eigenvalue weighted by Crippen LogP contribution is -2.09. The molecule has 0 unspecified atom stereocenters. The maximum Gasteiger partial charge on any atom is 0.297 e. The molecule has 0 aromatic heterocycles. The van der Waals surface area contributed by atoms with E-state index in [0.29, 0.717) is 12.1 Å². The lowest BCUT2D eigenvalue weighted by Gasteiger charge is -2.13.